The first-order valence-electron chi connectivity index (χ1n) is 5.94. The number of aryl methyl sites for hydroxylation is 1. The molecular formula is C14H22N2O. The first-order valence-corrected chi connectivity index (χ1v) is 5.94. The summed E-state index contributed by atoms with van der Waals surface area (Å²) in [5, 5.41) is 6.09. The molecule has 0 aliphatic carbocycles. The maximum Gasteiger partial charge on any atom is 0.251 e. The summed E-state index contributed by atoms with van der Waals surface area (Å²) in [6, 6.07) is 7.62. The Hall–Kier alpha value is -1.35. The zero-order valence-electron chi connectivity index (χ0n) is 11.1. The Kier molecular flexibility index (Phi) is 4.70. The van der Waals surface area contributed by atoms with E-state index in [4.69, 9.17) is 0 Å². The zero-order chi connectivity index (χ0) is 12.9. The zero-order valence-corrected chi connectivity index (χ0v) is 11.1. The maximum atomic E-state index is 11.9. The van der Waals surface area contributed by atoms with E-state index in [1.807, 2.05) is 38.2 Å². The van der Waals surface area contributed by atoms with Crippen LogP contribution in [0.3, 0.4) is 0 Å². The maximum absolute atomic E-state index is 11.9. The standard InChI is InChI=1S/C14H22N2O/c1-11-5-7-12(8-6-11)13(17)16-10-14(2,3)9-15-4/h5-8,15H,9-10H2,1-4H3,(H,16,17). The molecular weight excluding hydrogens is 212 g/mol. The number of hydrogen-bond acceptors (Lipinski definition) is 2. The Balaban J connectivity index is 2.53. The predicted molar refractivity (Wildman–Crippen MR) is 71.2 cm³/mol. The van der Waals surface area contributed by atoms with Crippen molar-refractivity contribution < 1.29 is 4.79 Å². The van der Waals surface area contributed by atoms with Gasteiger partial charge < -0.3 is 10.6 Å². The average Bonchev–Trinajstić information content (AvgIpc) is 2.27. The number of carbonyl (C=O) groups excluding carboxylic acids is 1. The highest BCUT2D eigenvalue weighted by Gasteiger charge is 2.18. The van der Waals surface area contributed by atoms with Crippen LogP contribution in [-0.4, -0.2) is 26.0 Å². The van der Waals surface area contributed by atoms with Crippen LogP contribution in [-0.2, 0) is 0 Å². The number of hydrogen-bond donors (Lipinski definition) is 2. The molecule has 0 bridgehead atoms. The van der Waals surface area contributed by atoms with Gasteiger partial charge in [0.15, 0.2) is 0 Å². The Morgan fingerprint density at radius 1 is 1.18 bits per heavy atom. The minimum atomic E-state index is -0.00539. The lowest BCUT2D eigenvalue weighted by atomic mass is 9.93. The first kappa shape index (κ1) is 13.7. The van der Waals surface area contributed by atoms with Gasteiger partial charge in [-0.1, -0.05) is 31.5 Å². The molecule has 0 aliphatic heterocycles. The predicted octanol–water partition coefficient (Wildman–Crippen LogP) is 1.97. The van der Waals surface area contributed by atoms with Gasteiger partial charge in [-0.2, -0.15) is 0 Å². The van der Waals surface area contributed by atoms with E-state index in [0.717, 1.165) is 17.7 Å². The van der Waals surface area contributed by atoms with Crippen LogP contribution in [0.4, 0.5) is 0 Å². The third-order valence-corrected chi connectivity index (χ3v) is 2.70. The largest absolute Gasteiger partial charge is 0.351 e. The lowest BCUT2D eigenvalue weighted by molar-refractivity contribution is 0.0936. The van der Waals surface area contributed by atoms with Gasteiger partial charge in [0.25, 0.3) is 5.91 Å². The van der Waals surface area contributed by atoms with E-state index in [1.165, 1.54) is 0 Å². The summed E-state index contributed by atoms with van der Waals surface area (Å²) in [6.45, 7) is 7.80. The van der Waals surface area contributed by atoms with Gasteiger partial charge in [-0.05, 0) is 31.5 Å². The number of nitrogens with one attached hydrogen (secondary N) is 2. The van der Waals surface area contributed by atoms with E-state index in [9.17, 15) is 4.79 Å². The van der Waals surface area contributed by atoms with E-state index in [2.05, 4.69) is 24.5 Å². The molecule has 0 aliphatic rings. The fourth-order valence-electron chi connectivity index (χ4n) is 1.67. The van der Waals surface area contributed by atoms with Crippen LogP contribution >= 0.6 is 0 Å². The van der Waals surface area contributed by atoms with Crippen LogP contribution < -0.4 is 10.6 Å². The summed E-state index contributed by atoms with van der Waals surface area (Å²) in [4.78, 5) is 11.9. The fourth-order valence-corrected chi connectivity index (χ4v) is 1.67. The summed E-state index contributed by atoms with van der Waals surface area (Å²) >= 11 is 0. The van der Waals surface area contributed by atoms with E-state index in [1.54, 1.807) is 0 Å². The number of rotatable bonds is 5. The second-order valence-corrected chi connectivity index (χ2v) is 5.24. The minimum Gasteiger partial charge on any atom is -0.351 e. The molecule has 0 unspecified atom stereocenters. The van der Waals surface area contributed by atoms with Crippen molar-refractivity contribution in [1.82, 2.24) is 10.6 Å². The van der Waals surface area contributed by atoms with Crippen molar-refractivity contribution in [3.63, 3.8) is 0 Å². The van der Waals surface area contributed by atoms with Crippen molar-refractivity contribution in [2.24, 2.45) is 5.41 Å². The molecule has 1 aromatic carbocycles. The summed E-state index contributed by atoms with van der Waals surface area (Å²) in [5.74, 6) is -0.00539. The molecule has 0 saturated carbocycles. The molecule has 0 radical (unpaired) electrons. The molecule has 2 N–H and O–H groups in total. The summed E-state index contributed by atoms with van der Waals surface area (Å²) < 4.78 is 0. The second kappa shape index (κ2) is 5.82. The van der Waals surface area contributed by atoms with Crippen molar-refractivity contribution in [1.29, 1.82) is 0 Å². The average molecular weight is 234 g/mol. The van der Waals surface area contributed by atoms with Gasteiger partial charge in [-0.3, -0.25) is 4.79 Å². The number of benzene rings is 1. The van der Waals surface area contributed by atoms with Crippen molar-refractivity contribution in [2.75, 3.05) is 20.1 Å². The smallest absolute Gasteiger partial charge is 0.251 e. The van der Waals surface area contributed by atoms with Gasteiger partial charge in [-0.15, -0.1) is 0 Å². The fraction of sp³-hybridized carbons (Fsp3) is 0.500. The molecule has 0 atom stereocenters. The molecule has 3 nitrogen and oxygen atoms in total. The topological polar surface area (TPSA) is 41.1 Å². The van der Waals surface area contributed by atoms with Gasteiger partial charge in [-0.25, -0.2) is 0 Å². The highest BCUT2D eigenvalue weighted by molar-refractivity contribution is 5.94. The van der Waals surface area contributed by atoms with E-state index in [0.29, 0.717) is 6.54 Å². The Morgan fingerprint density at radius 2 is 1.76 bits per heavy atom. The van der Waals surface area contributed by atoms with E-state index >= 15 is 0 Å². The second-order valence-electron chi connectivity index (χ2n) is 5.24. The quantitative estimate of drug-likeness (QED) is 0.818. The molecule has 3 heteroatoms. The van der Waals surface area contributed by atoms with Gasteiger partial charge in [0.2, 0.25) is 0 Å². The lowest BCUT2D eigenvalue weighted by Gasteiger charge is -2.24. The third kappa shape index (κ3) is 4.57. The molecule has 94 valence electrons. The normalized spacial score (nSPS) is 11.3. The van der Waals surface area contributed by atoms with Crippen LogP contribution in [0.15, 0.2) is 24.3 Å². The molecule has 1 amide bonds. The summed E-state index contributed by atoms with van der Waals surface area (Å²) in [5.41, 5.74) is 1.95. The molecule has 0 fully saturated rings. The first-order chi connectivity index (χ1) is 7.94. The molecule has 0 heterocycles. The van der Waals surface area contributed by atoms with Crippen molar-refractivity contribution in [2.45, 2.75) is 20.8 Å². The van der Waals surface area contributed by atoms with Crippen LogP contribution in [0.2, 0.25) is 0 Å². The van der Waals surface area contributed by atoms with Crippen molar-refractivity contribution in [3.05, 3.63) is 35.4 Å². The summed E-state index contributed by atoms with van der Waals surface area (Å²) in [6.07, 6.45) is 0. The minimum absolute atomic E-state index is 0.00539. The molecule has 0 saturated heterocycles. The van der Waals surface area contributed by atoms with Gasteiger partial charge in [0.1, 0.15) is 0 Å². The third-order valence-electron chi connectivity index (χ3n) is 2.70. The monoisotopic (exact) mass is 234 g/mol. The molecule has 0 spiro atoms. The molecule has 0 aromatic heterocycles. The number of amides is 1. The molecule has 1 rings (SSSR count). The van der Waals surface area contributed by atoms with Crippen molar-refractivity contribution >= 4 is 5.91 Å². The number of carbonyl (C=O) groups is 1. The van der Waals surface area contributed by atoms with Crippen LogP contribution in [0.1, 0.15) is 29.8 Å². The molecule has 17 heavy (non-hydrogen) atoms. The Bertz CT molecular complexity index is 368. The van der Waals surface area contributed by atoms with Crippen LogP contribution in [0, 0.1) is 12.3 Å². The summed E-state index contributed by atoms with van der Waals surface area (Å²) in [7, 11) is 1.92. The Labute approximate surface area is 104 Å². The highest BCUT2D eigenvalue weighted by Crippen LogP contribution is 2.12. The van der Waals surface area contributed by atoms with E-state index < -0.39 is 0 Å². The van der Waals surface area contributed by atoms with E-state index in [-0.39, 0.29) is 11.3 Å². The van der Waals surface area contributed by atoms with Gasteiger partial charge in [0.05, 0.1) is 0 Å². The molecule has 1 aromatic rings. The highest BCUT2D eigenvalue weighted by atomic mass is 16.1. The SMILES string of the molecule is CNCC(C)(C)CNC(=O)c1ccc(C)cc1. The van der Waals surface area contributed by atoms with Crippen molar-refractivity contribution in [3.8, 4) is 0 Å². The van der Waals surface area contributed by atoms with Gasteiger partial charge >= 0.3 is 0 Å². The Morgan fingerprint density at radius 3 is 2.29 bits per heavy atom. The van der Waals surface area contributed by atoms with Crippen LogP contribution in [0.25, 0.3) is 0 Å². The van der Waals surface area contributed by atoms with Gasteiger partial charge in [0, 0.05) is 18.7 Å². The lowest BCUT2D eigenvalue weighted by Crippen LogP contribution is -2.39. The van der Waals surface area contributed by atoms with Crippen LogP contribution in [0.5, 0.6) is 0 Å².